The van der Waals surface area contributed by atoms with E-state index < -0.39 is 23.3 Å². The third-order valence-corrected chi connectivity index (χ3v) is 3.02. The molecule has 0 aliphatic rings. The van der Waals surface area contributed by atoms with Crippen molar-refractivity contribution in [3.63, 3.8) is 0 Å². The third kappa shape index (κ3) is 4.09. The summed E-state index contributed by atoms with van der Waals surface area (Å²) in [5, 5.41) is 10.8. The second kappa shape index (κ2) is 7.27. The molecule has 1 aromatic carbocycles. The number of hydrogen-bond donors (Lipinski definition) is 2. The minimum Gasteiger partial charge on any atom is -0.477 e. The van der Waals surface area contributed by atoms with Gasteiger partial charge in [-0.05, 0) is 26.0 Å². The minimum absolute atomic E-state index is 0.0368. The normalized spacial score (nSPS) is 10.1. The molecule has 0 spiro atoms. The Bertz CT molecular complexity index is 783. The number of hydrazine groups is 1. The van der Waals surface area contributed by atoms with E-state index in [4.69, 9.17) is 9.15 Å². The molecule has 2 N–H and O–H groups in total. The van der Waals surface area contributed by atoms with Crippen molar-refractivity contribution in [3.8, 4) is 5.75 Å². The standard InChI is InChI=1S/C15H15N3O6/c1-9-7-11(10(2)24-9)15(20)17-16-14(19)8-23-13-6-4-3-5-12(13)18(21)22/h3-7H,8H2,1-2H3,(H,16,19)(H,17,20). The Balaban J connectivity index is 1.87. The zero-order chi connectivity index (χ0) is 17.7. The van der Waals surface area contributed by atoms with Crippen LogP contribution in [0.15, 0.2) is 34.7 Å². The zero-order valence-electron chi connectivity index (χ0n) is 13.0. The fraction of sp³-hybridized carbons (Fsp3) is 0.200. The summed E-state index contributed by atoms with van der Waals surface area (Å²) >= 11 is 0. The van der Waals surface area contributed by atoms with Crippen LogP contribution in [0.4, 0.5) is 5.69 Å². The van der Waals surface area contributed by atoms with E-state index in [1.54, 1.807) is 26.0 Å². The van der Waals surface area contributed by atoms with Crippen LogP contribution in [-0.2, 0) is 4.79 Å². The number of nitrogens with zero attached hydrogens (tertiary/aromatic N) is 1. The molecule has 0 bridgehead atoms. The number of nitro groups is 1. The first-order valence-electron chi connectivity index (χ1n) is 6.91. The second-order valence-corrected chi connectivity index (χ2v) is 4.84. The Kier molecular flexibility index (Phi) is 5.15. The average Bonchev–Trinajstić information content (AvgIpc) is 2.89. The van der Waals surface area contributed by atoms with Gasteiger partial charge in [-0.25, -0.2) is 0 Å². The van der Waals surface area contributed by atoms with Gasteiger partial charge in [0.2, 0.25) is 0 Å². The SMILES string of the molecule is Cc1cc(C(=O)NNC(=O)COc2ccccc2[N+](=O)[O-])c(C)o1. The summed E-state index contributed by atoms with van der Waals surface area (Å²) in [5.41, 5.74) is 4.42. The van der Waals surface area contributed by atoms with Crippen molar-refractivity contribution in [2.45, 2.75) is 13.8 Å². The second-order valence-electron chi connectivity index (χ2n) is 4.84. The number of carbonyl (C=O) groups excluding carboxylic acids is 2. The molecule has 2 amide bonds. The van der Waals surface area contributed by atoms with Crippen LogP contribution in [-0.4, -0.2) is 23.3 Å². The molecule has 0 radical (unpaired) electrons. The molecule has 9 nitrogen and oxygen atoms in total. The van der Waals surface area contributed by atoms with Gasteiger partial charge in [-0.2, -0.15) is 0 Å². The molecule has 0 aliphatic heterocycles. The van der Waals surface area contributed by atoms with Crippen LogP contribution < -0.4 is 15.6 Å². The maximum atomic E-state index is 11.9. The van der Waals surface area contributed by atoms with Crippen molar-refractivity contribution in [2.75, 3.05) is 6.61 Å². The molecular weight excluding hydrogens is 318 g/mol. The number of hydrogen-bond acceptors (Lipinski definition) is 6. The van der Waals surface area contributed by atoms with E-state index in [0.29, 0.717) is 17.1 Å². The van der Waals surface area contributed by atoms with Gasteiger partial charge in [0.1, 0.15) is 11.5 Å². The number of carbonyl (C=O) groups is 2. The van der Waals surface area contributed by atoms with Crippen LogP contribution in [0.1, 0.15) is 21.9 Å². The Labute approximate surface area is 136 Å². The maximum absolute atomic E-state index is 11.9. The maximum Gasteiger partial charge on any atom is 0.310 e. The largest absolute Gasteiger partial charge is 0.477 e. The molecule has 126 valence electrons. The molecule has 2 aromatic rings. The van der Waals surface area contributed by atoms with Crippen LogP contribution >= 0.6 is 0 Å². The number of benzene rings is 1. The summed E-state index contributed by atoms with van der Waals surface area (Å²) < 4.78 is 10.3. The lowest BCUT2D eigenvalue weighted by Crippen LogP contribution is -2.43. The molecular formula is C15H15N3O6. The van der Waals surface area contributed by atoms with Gasteiger partial charge in [-0.3, -0.25) is 30.6 Å². The number of furan rings is 1. The van der Waals surface area contributed by atoms with Crippen molar-refractivity contribution < 1.29 is 23.7 Å². The number of rotatable bonds is 5. The highest BCUT2D eigenvalue weighted by Gasteiger charge is 2.16. The van der Waals surface area contributed by atoms with Crippen molar-refractivity contribution in [3.05, 3.63) is 57.5 Å². The van der Waals surface area contributed by atoms with Gasteiger partial charge >= 0.3 is 5.69 Å². The summed E-state index contributed by atoms with van der Waals surface area (Å²) in [7, 11) is 0. The van der Waals surface area contributed by atoms with E-state index >= 15 is 0 Å². The van der Waals surface area contributed by atoms with Gasteiger partial charge in [0, 0.05) is 6.07 Å². The lowest BCUT2D eigenvalue weighted by atomic mass is 10.2. The van der Waals surface area contributed by atoms with Crippen molar-refractivity contribution in [1.82, 2.24) is 10.9 Å². The van der Waals surface area contributed by atoms with Gasteiger partial charge in [-0.15, -0.1) is 0 Å². The summed E-state index contributed by atoms with van der Waals surface area (Å²) in [4.78, 5) is 33.8. The monoisotopic (exact) mass is 333 g/mol. The highest BCUT2D eigenvalue weighted by Crippen LogP contribution is 2.25. The first-order valence-corrected chi connectivity index (χ1v) is 6.91. The quantitative estimate of drug-likeness (QED) is 0.633. The first kappa shape index (κ1) is 17.0. The summed E-state index contributed by atoms with van der Waals surface area (Å²) in [6.45, 7) is 2.83. The Hall–Kier alpha value is -3.36. The van der Waals surface area contributed by atoms with Gasteiger partial charge in [-0.1, -0.05) is 12.1 Å². The number of nitro benzene ring substituents is 1. The minimum atomic E-state index is -0.667. The fourth-order valence-electron chi connectivity index (χ4n) is 1.96. The van der Waals surface area contributed by atoms with E-state index in [0.717, 1.165) is 0 Å². The molecule has 2 rings (SSSR count). The summed E-state index contributed by atoms with van der Waals surface area (Å²) in [6, 6.07) is 7.22. The molecule has 0 saturated carbocycles. The van der Waals surface area contributed by atoms with Gasteiger partial charge in [0.15, 0.2) is 12.4 Å². The smallest absolute Gasteiger partial charge is 0.310 e. The number of amides is 2. The third-order valence-electron chi connectivity index (χ3n) is 3.02. The van der Waals surface area contributed by atoms with E-state index in [1.807, 2.05) is 0 Å². The molecule has 9 heteroatoms. The number of ether oxygens (including phenoxy) is 1. The van der Waals surface area contributed by atoms with Crippen molar-refractivity contribution >= 4 is 17.5 Å². The molecule has 0 saturated heterocycles. The van der Waals surface area contributed by atoms with Crippen LogP contribution in [0.5, 0.6) is 5.75 Å². The highest BCUT2D eigenvalue weighted by molar-refractivity contribution is 5.96. The van der Waals surface area contributed by atoms with Gasteiger partial charge in [0.05, 0.1) is 10.5 Å². The molecule has 24 heavy (non-hydrogen) atoms. The number of nitrogens with one attached hydrogen (secondary N) is 2. The molecule has 0 unspecified atom stereocenters. The Morgan fingerprint density at radius 1 is 1.25 bits per heavy atom. The molecule has 0 aliphatic carbocycles. The average molecular weight is 333 g/mol. The lowest BCUT2D eigenvalue weighted by molar-refractivity contribution is -0.385. The van der Waals surface area contributed by atoms with Crippen LogP contribution in [0.3, 0.4) is 0 Å². The molecule has 0 atom stereocenters. The van der Waals surface area contributed by atoms with Crippen LogP contribution in [0.25, 0.3) is 0 Å². The van der Waals surface area contributed by atoms with Gasteiger partial charge in [0.25, 0.3) is 11.8 Å². The number of para-hydroxylation sites is 2. The summed E-state index contributed by atoms with van der Waals surface area (Å²) in [5.74, 6) is -0.243. The topological polar surface area (TPSA) is 124 Å². The predicted molar refractivity (Wildman–Crippen MR) is 82.4 cm³/mol. The zero-order valence-corrected chi connectivity index (χ0v) is 13.0. The van der Waals surface area contributed by atoms with Crippen LogP contribution in [0.2, 0.25) is 0 Å². The van der Waals surface area contributed by atoms with E-state index in [-0.39, 0.29) is 11.4 Å². The number of aryl methyl sites for hydroxylation is 2. The van der Waals surface area contributed by atoms with Crippen molar-refractivity contribution in [2.24, 2.45) is 0 Å². The predicted octanol–water partition coefficient (Wildman–Crippen LogP) is 1.64. The molecule has 1 aromatic heterocycles. The first-order chi connectivity index (χ1) is 11.4. The summed E-state index contributed by atoms with van der Waals surface area (Å²) in [6.07, 6.45) is 0. The Morgan fingerprint density at radius 3 is 2.58 bits per heavy atom. The van der Waals surface area contributed by atoms with E-state index in [1.165, 1.54) is 18.2 Å². The van der Waals surface area contributed by atoms with Crippen molar-refractivity contribution in [1.29, 1.82) is 0 Å². The highest BCUT2D eigenvalue weighted by atomic mass is 16.6. The van der Waals surface area contributed by atoms with Crippen LogP contribution in [0, 0.1) is 24.0 Å². The fourth-order valence-corrected chi connectivity index (χ4v) is 1.96. The molecule has 0 fully saturated rings. The molecule has 1 heterocycles. The lowest BCUT2D eigenvalue weighted by Gasteiger charge is -2.08. The van der Waals surface area contributed by atoms with E-state index in [9.17, 15) is 19.7 Å². The van der Waals surface area contributed by atoms with E-state index in [2.05, 4.69) is 10.9 Å². The Morgan fingerprint density at radius 2 is 1.96 bits per heavy atom. The van der Waals surface area contributed by atoms with Gasteiger partial charge < -0.3 is 9.15 Å².